The third kappa shape index (κ3) is 6.01. The van der Waals surface area contributed by atoms with E-state index in [9.17, 15) is 0 Å². The van der Waals surface area contributed by atoms with Crippen molar-refractivity contribution in [3.8, 4) is 39.1 Å². The van der Waals surface area contributed by atoms with E-state index in [0.717, 1.165) is 94.4 Å². The van der Waals surface area contributed by atoms with Gasteiger partial charge in [0.05, 0.1) is 16.7 Å². The smallest absolute Gasteiger partial charge is 0.145 e. The lowest BCUT2D eigenvalue weighted by Crippen LogP contribution is -2.11. The number of furan rings is 2. The van der Waals surface area contributed by atoms with Gasteiger partial charge in [0.1, 0.15) is 22.3 Å². The molecule has 0 atom stereocenters. The number of hydrogen-bond acceptors (Lipinski definition) is 3. The summed E-state index contributed by atoms with van der Waals surface area (Å²) in [6.45, 7) is 0. The van der Waals surface area contributed by atoms with E-state index in [2.05, 4.69) is 234 Å². The molecule has 0 amide bonds. The van der Waals surface area contributed by atoms with E-state index in [1.165, 1.54) is 38.1 Å². The standard InChI is InChI=1S/C64H40N2O2/c1-2-15-43-38-44(31-30-41(43)14-1)42-32-34-47(35-33-42)65(48-18-11-16-45(39-48)50-24-13-29-61-63(50)55-23-6-10-28-60(55)67-61)58-37-36-54-53-22-5-9-27-59(53)68-64(54)62(58)46-17-12-19-49(40-46)66-56-25-7-3-20-51(56)52-21-4-8-26-57(52)66/h1-40H. The zero-order chi connectivity index (χ0) is 44.7. The quantitative estimate of drug-likeness (QED) is 0.160. The summed E-state index contributed by atoms with van der Waals surface area (Å²) < 4.78 is 15.8. The van der Waals surface area contributed by atoms with E-state index in [1.807, 2.05) is 18.2 Å². The molecule has 4 nitrogen and oxygen atoms in total. The summed E-state index contributed by atoms with van der Waals surface area (Å²) in [6.07, 6.45) is 0. The first-order chi connectivity index (χ1) is 33.7. The fraction of sp³-hybridized carbons (Fsp3) is 0. The average molecular weight is 869 g/mol. The Morgan fingerprint density at radius 3 is 1.78 bits per heavy atom. The van der Waals surface area contributed by atoms with Crippen molar-refractivity contribution in [1.82, 2.24) is 4.57 Å². The molecule has 318 valence electrons. The zero-order valence-corrected chi connectivity index (χ0v) is 36.8. The van der Waals surface area contributed by atoms with Crippen LogP contribution in [0.2, 0.25) is 0 Å². The van der Waals surface area contributed by atoms with Crippen LogP contribution < -0.4 is 4.90 Å². The zero-order valence-electron chi connectivity index (χ0n) is 36.8. The van der Waals surface area contributed by atoms with E-state index < -0.39 is 0 Å². The van der Waals surface area contributed by atoms with Crippen molar-refractivity contribution < 1.29 is 8.83 Å². The number of anilines is 3. The SMILES string of the molecule is c1cc(-c2cccc3oc4ccccc4c23)cc(N(c2ccc(-c3ccc4ccccc4c3)cc2)c2ccc3c(oc4ccccc43)c2-c2cccc(-n3c4ccccc4c4ccccc43)c2)c1. The molecule has 0 unspecified atom stereocenters. The molecule has 0 fully saturated rings. The van der Waals surface area contributed by atoms with Crippen LogP contribution in [0.3, 0.4) is 0 Å². The van der Waals surface area contributed by atoms with Crippen molar-refractivity contribution in [3.63, 3.8) is 0 Å². The van der Waals surface area contributed by atoms with Gasteiger partial charge in [0.15, 0.2) is 0 Å². The second-order valence-corrected chi connectivity index (χ2v) is 17.6. The number of benzene rings is 11. The molecule has 0 bridgehead atoms. The molecule has 68 heavy (non-hydrogen) atoms. The van der Waals surface area contributed by atoms with Gasteiger partial charge in [-0.2, -0.15) is 0 Å². The van der Waals surface area contributed by atoms with Crippen molar-refractivity contribution in [2.75, 3.05) is 4.90 Å². The molecule has 14 aromatic rings. The highest BCUT2D eigenvalue weighted by molar-refractivity contribution is 6.15. The van der Waals surface area contributed by atoms with Crippen molar-refractivity contribution in [1.29, 1.82) is 0 Å². The van der Waals surface area contributed by atoms with Gasteiger partial charge in [-0.15, -0.1) is 0 Å². The summed E-state index contributed by atoms with van der Waals surface area (Å²) in [5.41, 5.74) is 16.5. The van der Waals surface area contributed by atoms with Gasteiger partial charge in [-0.3, -0.25) is 0 Å². The third-order valence-electron chi connectivity index (χ3n) is 13.8. The van der Waals surface area contributed by atoms with Crippen LogP contribution in [0.15, 0.2) is 251 Å². The van der Waals surface area contributed by atoms with E-state index in [0.29, 0.717) is 0 Å². The molecule has 0 spiro atoms. The molecule has 3 heterocycles. The minimum Gasteiger partial charge on any atom is -0.456 e. The molecule has 0 aliphatic heterocycles. The predicted octanol–water partition coefficient (Wildman–Crippen LogP) is 18.2. The minimum atomic E-state index is 0.839. The first kappa shape index (κ1) is 38.2. The van der Waals surface area contributed by atoms with Gasteiger partial charge in [0, 0.05) is 54.9 Å². The molecule has 11 aromatic carbocycles. The molecule has 0 saturated carbocycles. The molecule has 0 aliphatic carbocycles. The highest BCUT2D eigenvalue weighted by atomic mass is 16.3. The fourth-order valence-corrected chi connectivity index (χ4v) is 10.7. The Kier molecular flexibility index (Phi) is 8.55. The largest absolute Gasteiger partial charge is 0.456 e. The first-order valence-corrected chi connectivity index (χ1v) is 23.2. The Morgan fingerprint density at radius 2 is 0.971 bits per heavy atom. The maximum Gasteiger partial charge on any atom is 0.145 e. The summed E-state index contributed by atoms with van der Waals surface area (Å²) in [5, 5.41) is 9.27. The van der Waals surface area contributed by atoms with Gasteiger partial charge in [-0.1, -0.05) is 158 Å². The van der Waals surface area contributed by atoms with Gasteiger partial charge < -0.3 is 18.3 Å². The minimum absolute atomic E-state index is 0.839. The van der Waals surface area contributed by atoms with Gasteiger partial charge in [0.2, 0.25) is 0 Å². The molecule has 3 aromatic heterocycles. The summed E-state index contributed by atoms with van der Waals surface area (Å²) in [4.78, 5) is 2.40. The molecule has 0 radical (unpaired) electrons. The molecule has 0 N–H and O–H groups in total. The van der Waals surface area contributed by atoms with Crippen LogP contribution >= 0.6 is 0 Å². The lowest BCUT2D eigenvalue weighted by Gasteiger charge is -2.29. The summed E-state index contributed by atoms with van der Waals surface area (Å²) in [5.74, 6) is 0. The van der Waals surface area contributed by atoms with Crippen LogP contribution in [-0.2, 0) is 0 Å². The second kappa shape index (κ2) is 15.2. The normalized spacial score (nSPS) is 11.8. The number of fused-ring (bicyclic) bond motifs is 10. The Bertz CT molecular complexity index is 4230. The Labute approximate surface area is 391 Å². The van der Waals surface area contributed by atoms with Gasteiger partial charge in [-0.25, -0.2) is 0 Å². The summed E-state index contributed by atoms with van der Waals surface area (Å²) in [7, 11) is 0. The van der Waals surface area contributed by atoms with Crippen LogP contribution in [0.4, 0.5) is 17.1 Å². The number of aromatic nitrogens is 1. The van der Waals surface area contributed by atoms with E-state index in [-0.39, 0.29) is 0 Å². The Morgan fingerprint density at radius 1 is 0.338 bits per heavy atom. The Balaban J connectivity index is 1.01. The van der Waals surface area contributed by atoms with Crippen LogP contribution in [0.25, 0.3) is 116 Å². The average Bonchev–Trinajstić information content (AvgIpc) is 4.09. The molecule has 4 heteroatoms. The van der Waals surface area contributed by atoms with Crippen molar-refractivity contribution in [2.45, 2.75) is 0 Å². The maximum absolute atomic E-state index is 7.01. The molecule has 14 rings (SSSR count). The number of hydrogen-bond donors (Lipinski definition) is 0. The lowest BCUT2D eigenvalue weighted by molar-refractivity contribution is 0.669. The second-order valence-electron chi connectivity index (χ2n) is 17.6. The summed E-state index contributed by atoms with van der Waals surface area (Å²) in [6, 6.07) is 87.0. The lowest BCUT2D eigenvalue weighted by atomic mass is 9.96. The summed E-state index contributed by atoms with van der Waals surface area (Å²) >= 11 is 0. The topological polar surface area (TPSA) is 34.5 Å². The van der Waals surface area contributed by atoms with Crippen molar-refractivity contribution in [2.24, 2.45) is 0 Å². The van der Waals surface area contributed by atoms with Crippen LogP contribution in [0.1, 0.15) is 0 Å². The van der Waals surface area contributed by atoms with Crippen LogP contribution in [0, 0.1) is 0 Å². The first-order valence-electron chi connectivity index (χ1n) is 23.2. The van der Waals surface area contributed by atoms with E-state index in [4.69, 9.17) is 8.83 Å². The molecule has 0 saturated heterocycles. The molecular formula is C64H40N2O2. The van der Waals surface area contributed by atoms with Crippen molar-refractivity contribution in [3.05, 3.63) is 243 Å². The fourth-order valence-electron chi connectivity index (χ4n) is 10.7. The van der Waals surface area contributed by atoms with Gasteiger partial charge >= 0.3 is 0 Å². The highest BCUT2D eigenvalue weighted by Crippen LogP contribution is 2.48. The number of rotatable bonds is 7. The van der Waals surface area contributed by atoms with Crippen LogP contribution in [-0.4, -0.2) is 4.57 Å². The maximum atomic E-state index is 7.01. The van der Waals surface area contributed by atoms with E-state index >= 15 is 0 Å². The Hall–Kier alpha value is -9.12. The number of para-hydroxylation sites is 4. The highest BCUT2D eigenvalue weighted by Gasteiger charge is 2.25. The predicted molar refractivity (Wildman–Crippen MR) is 284 cm³/mol. The van der Waals surface area contributed by atoms with E-state index in [1.54, 1.807) is 0 Å². The van der Waals surface area contributed by atoms with Crippen molar-refractivity contribution >= 4 is 93.5 Å². The third-order valence-corrected chi connectivity index (χ3v) is 13.8. The molecule has 0 aliphatic rings. The van der Waals surface area contributed by atoms with Gasteiger partial charge in [0.25, 0.3) is 0 Å². The monoisotopic (exact) mass is 868 g/mol. The van der Waals surface area contributed by atoms with Gasteiger partial charge in [-0.05, 0) is 124 Å². The molecular weight excluding hydrogens is 829 g/mol. The number of nitrogens with zero attached hydrogens (tertiary/aromatic N) is 2. The van der Waals surface area contributed by atoms with Crippen LogP contribution in [0.5, 0.6) is 0 Å².